The molecule has 2 aromatic heterocycles. The minimum Gasteiger partial charge on any atom is -0.457 e. The fourth-order valence-corrected chi connectivity index (χ4v) is 5.81. The molecule has 0 radical (unpaired) electrons. The summed E-state index contributed by atoms with van der Waals surface area (Å²) in [6.07, 6.45) is 9.00. The number of ether oxygens (including phenoxy) is 2. The lowest BCUT2D eigenvalue weighted by Gasteiger charge is -2.32. The van der Waals surface area contributed by atoms with Gasteiger partial charge in [-0.1, -0.05) is 24.3 Å². The molecule has 10 nitrogen and oxygen atoms in total. The van der Waals surface area contributed by atoms with Crippen LogP contribution in [0.1, 0.15) is 31.7 Å². The summed E-state index contributed by atoms with van der Waals surface area (Å²) in [7, 11) is 2.11. The van der Waals surface area contributed by atoms with Crippen LogP contribution in [0.2, 0.25) is 0 Å². The number of anilines is 1. The van der Waals surface area contributed by atoms with Crippen molar-refractivity contribution >= 4 is 22.8 Å². The van der Waals surface area contributed by atoms with Crippen LogP contribution in [0.25, 0.3) is 22.3 Å². The second kappa shape index (κ2) is 12.7. The Morgan fingerprint density at radius 3 is 2.62 bits per heavy atom. The molecule has 1 atom stereocenters. The lowest BCUT2D eigenvalue weighted by Crippen LogP contribution is -2.40. The third kappa shape index (κ3) is 6.14. The Hall–Kier alpha value is -4.28. The maximum Gasteiger partial charge on any atom is 0.246 e. The number of aromatic nitrogens is 4. The van der Waals surface area contributed by atoms with E-state index < -0.39 is 0 Å². The first-order valence-electron chi connectivity index (χ1n) is 14.6. The van der Waals surface area contributed by atoms with Gasteiger partial charge in [-0.15, -0.1) is 0 Å². The van der Waals surface area contributed by atoms with Gasteiger partial charge in [-0.05, 0) is 69.1 Å². The predicted octanol–water partition coefficient (Wildman–Crippen LogP) is 4.70. The molecule has 0 saturated carbocycles. The number of benzene rings is 2. The van der Waals surface area contributed by atoms with Crippen LogP contribution >= 0.6 is 0 Å². The van der Waals surface area contributed by atoms with E-state index in [9.17, 15) is 4.79 Å². The number of likely N-dealkylation sites (tertiary alicyclic amines) is 1. The van der Waals surface area contributed by atoms with Gasteiger partial charge in [0.15, 0.2) is 5.65 Å². The number of carbonyl (C=O) groups excluding carboxylic acids is 1. The van der Waals surface area contributed by atoms with Crippen molar-refractivity contribution < 1.29 is 14.3 Å². The van der Waals surface area contributed by atoms with Crippen molar-refractivity contribution in [1.82, 2.24) is 29.5 Å². The highest BCUT2D eigenvalue weighted by Gasteiger charge is 2.28. The summed E-state index contributed by atoms with van der Waals surface area (Å²) < 4.78 is 13.4. The number of hydrogen-bond acceptors (Lipinski definition) is 8. The van der Waals surface area contributed by atoms with Gasteiger partial charge in [-0.3, -0.25) is 9.69 Å². The van der Waals surface area contributed by atoms with Crippen LogP contribution in [-0.2, 0) is 9.53 Å². The van der Waals surface area contributed by atoms with E-state index in [2.05, 4.69) is 21.9 Å². The Kier molecular flexibility index (Phi) is 8.43. The first-order chi connectivity index (χ1) is 20.6. The van der Waals surface area contributed by atoms with Gasteiger partial charge in [0.1, 0.15) is 29.3 Å². The molecule has 10 heteroatoms. The van der Waals surface area contributed by atoms with E-state index in [0.29, 0.717) is 35.1 Å². The number of nitrogens with zero attached hydrogens (tertiary/aromatic N) is 6. The van der Waals surface area contributed by atoms with E-state index in [1.54, 1.807) is 6.08 Å². The first-order valence-corrected chi connectivity index (χ1v) is 14.6. The van der Waals surface area contributed by atoms with Gasteiger partial charge in [0, 0.05) is 50.5 Å². The summed E-state index contributed by atoms with van der Waals surface area (Å²) in [6.45, 7) is 3.64. The number of nitrogen functional groups attached to an aromatic ring is 1. The van der Waals surface area contributed by atoms with E-state index in [4.69, 9.17) is 20.3 Å². The van der Waals surface area contributed by atoms with Crippen molar-refractivity contribution in [2.24, 2.45) is 0 Å². The molecular weight excluding hydrogens is 530 g/mol. The van der Waals surface area contributed by atoms with Gasteiger partial charge in [0.25, 0.3) is 0 Å². The van der Waals surface area contributed by atoms with Gasteiger partial charge in [-0.25, -0.2) is 14.6 Å². The molecule has 2 N–H and O–H groups in total. The first kappa shape index (κ1) is 27.9. The highest BCUT2D eigenvalue weighted by Crippen LogP contribution is 2.35. The zero-order valence-electron chi connectivity index (χ0n) is 23.9. The maximum atomic E-state index is 13.2. The second-order valence-corrected chi connectivity index (χ2v) is 11.0. The number of fused-ring (bicyclic) bond motifs is 1. The Morgan fingerprint density at radius 2 is 1.83 bits per heavy atom. The summed E-state index contributed by atoms with van der Waals surface area (Å²) in [4.78, 5) is 26.2. The van der Waals surface area contributed by atoms with Gasteiger partial charge in [0.05, 0.1) is 11.4 Å². The number of rotatable bonds is 8. The van der Waals surface area contributed by atoms with Gasteiger partial charge in [0.2, 0.25) is 5.91 Å². The quantitative estimate of drug-likeness (QED) is 0.305. The van der Waals surface area contributed by atoms with Crippen molar-refractivity contribution in [3.8, 4) is 22.8 Å². The normalized spacial score (nSPS) is 18.2. The number of carbonyl (C=O) groups is 1. The minimum atomic E-state index is -0.0211. The average molecular weight is 568 g/mol. The molecule has 2 aliphatic heterocycles. The molecule has 0 aliphatic carbocycles. The van der Waals surface area contributed by atoms with Crippen molar-refractivity contribution in [3.05, 3.63) is 73.1 Å². The molecule has 0 unspecified atom stereocenters. The molecule has 4 aromatic rings. The van der Waals surface area contributed by atoms with Crippen molar-refractivity contribution in [3.63, 3.8) is 0 Å². The number of hydrogen-bond donors (Lipinski definition) is 1. The number of para-hydroxylation sites is 1. The summed E-state index contributed by atoms with van der Waals surface area (Å²) >= 11 is 0. The highest BCUT2D eigenvalue weighted by molar-refractivity contribution is 5.98. The van der Waals surface area contributed by atoms with Crippen LogP contribution < -0.4 is 10.5 Å². The van der Waals surface area contributed by atoms with Gasteiger partial charge >= 0.3 is 0 Å². The van der Waals surface area contributed by atoms with E-state index in [0.717, 1.165) is 69.0 Å². The topological polar surface area (TPSA) is 112 Å². The van der Waals surface area contributed by atoms with Crippen molar-refractivity contribution in [2.75, 3.05) is 45.6 Å². The lowest BCUT2D eigenvalue weighted by molar-refractivity contribution is -0.127. The lowest BCUT2D eigenvalue weighted by atomic mass is 10.1. The summed E-state index contributed by atoms with van der Waals surface area (Å²) in [5.74, 6) is 1.91. The largest absolute Gasteiger partial charge is 0.457 e. The second-order valence-electron chi connectivity index (χ2n) is 11.0. The number of likely N-dealkylation sites (N-methyl/N-ethyl adjacent to an activating group) is 1. The van der Waals surface area contributed by atoms with E-state index in [1.807, 2.05) is 70.3 Å². The van der Waals surface area contributed by atoms with E-state index in [-0.39, 0.29) is 11.9 Å². The molecule has 2 aromatic carbocycles. The van der Waals surface area contributed by atoms with E-state index in [1.165, 1.54) is 6.33 Å². The Labute approximate surface area is 245 Å². The molecule has 42 heavy (non-hydrogen) atoms. The molecule has 6 rings (SSSR count). The Bertz CT molecular complexity index is 1530. The molecule has 1 amide bonds. The number of piperidine rings is 1. The van der Waals surface area contributed by atoms with Crippen LogP contribution in [0.15, 0.2) is 73.1 Å². The smallest absolute Gasteiger partial charge is 0.246 e. The van der Waals surface area contributed by atoms with Crippen molar-refractivity contribution in [1.29, 1.82) is 0 Å². The maximum absolute atomic E-state index is 13.2. The van der Waals surface area contributed by atoms with Crippen LogP contribution in [0.4, 0.5) is 5.82 Å². The van der Waals surface area contributed by atoms with Crippen LogP contribution in [0, 0.1) is 0 Å². The summed E-state index contributed by atoms with van der Waals surface area (Å²) in [6, 6.07) is 17.9. The van der Waals surface area contributed by atoms with Crippen LogP contribution in [0.3, 0.4) is 0 Å². The number of amides is 1. The molecular formula is C32H37N7O3. The third-order valence-electron chi connectivity index (χ3n) is 8.15. The fraction of sp³-hybridized carbons (Fsp3) is 0.375. The van der Waals surface area contributed by atoms with Gasteiger partial charge < -0.3 is 20.1 Å². The van der Waals surface area contributed by atoms with E-state index >= 15 is 0 Å². The number of nitrogens with two attached hydrogens (primary N) is 1. The fourth-order valence-electron chi connectivity index (χ4n) is 5.81. The zero-order chi connectivity index (χ0) is 28.9. The molecule has 2 fully saturated rings. The molecule has 218 valence electrons. The molecule has 2 aliphatic rings. The van der Waals surface area contributed by atoms with Crippen LogP contribution in [-0.4, -0.2) is 81.4 Å². The monoisotopic (exact) mass is 567 g/mol. The zero-order valence-corrected chi connectivity index (χ0v) is 23.9. The van der Waals surface area contributed by atoms with Crippen LogP contribution in [0.5, 0.6) is 11.5 Å². The molecule has 4 heterocycles. The predicted molar refractivity (Wildman–Crippen MR) is 162 cm³/mol. The Balaban J connectivity index is 1.18. The van der Waals surface area contributed by atoms with Gasteiger partial charge in [-0.2, -0.15) is 5.10 Å². The standard InChI is InChI=1S/C32H37N7O3/c1-37(24-15-19-41-20-16-24)17-6-10-28(40)38-18-5-7-25(21-38)39-32-29(31(33)34-22-35-32)30(36-39)23-11-13-27(14-12-23)42-26-8-3-2-4-9-26/h2-4,6,8-14,22,24-25H,5,7,15-21H2,1H3,(H2,33,34,35)/t25-/m1/s1. The molecule has 0 spiro atoms. The average Bonchev–Trinajstić information content (AvgIpc) is 3.43. The molecule has 0 bridgehead atoms. The minimum absolute atomic E-state index is 0.0211. The van der Waals surface area contributed by atoms with Crippen molar-refractivity contribution in [2.45, 2.75) is 37.8 Å². The summed E-state index contributed by atoms with van der Waals surface area (Å²) in [5.41, 5.74) is 8.65. The summed E-state index contributed by atoms with van der Waals surface area (Å²) in [5, 5.41) is 5.73. The Morgan fingerprint density at radius 1 is 1.07 bits per heavy atom. The SMILES string of the molecule is CN(CC=CC(=O)N1CCC[C@@H](n2nc(-c3ccc(Oc4ccccc4)cc3)c3c(N)ncnc32)C1)C1CCOCC1. The molecule has 2 saturated heterocycles. The third-order valence-corrected chi connectivity index (χ3v) is 8.15. The highest BCUT2D eigenvalue weighted by atomic mass is 16.5.